The first-order chi connectivity index (χ1) is 18.2. The molecule has 0 radical (unpaired) electrons. The van der Waals surface area contributed by atoms with Crippen molar-refractivity contribution in [3.8, 4) is 10.9 Å². The zero-order valence-corrected chi connectivity index (χ0v) is 22.8. The third-order valence-electron chi connectivity index (χ3n) is 6.21. The van der Waals surface area contributed by atoms with E-state index < -0.39 is 23.3 Å². The van der Waals surface area contributed by atoms with E-state index in [1.807, 2.05) is 24.5 Å². The first-order valence-electron chi connectivity index (χ1n) is 12.2. The highest BCUT2D eigenvalue weighted by Gasteiger charge is 2.33. The molecule has 1 N–H and O–H groups in total. The monoisotopic (exact) mass is 557 g/mol. The quantitative estimate of drug-likeness (QED) is 0.427. The van der Waals surface area contributed by atoms with Crippen LogP contribution in [0.1, 0.15) is 27.2 Å². The summed E-state index contributed by atoms with van der Waals surface area (Å²) in [4.78, 5) is 35.0. The Morgan fingerprint density at radius 2 is 2.00 bits per heavy atom. The molecule has 0 spiro atoms. The first kappa shape index (κ1) is 26.4. The number of nitrogens with one attached hydrogen (secondary N) is 1. The average Bonchev–Trinajstić information content (AvgIpc) is 3.51. The summed E-state index contributed by atoms with van der Waals surface area (Å²) in [5, 5.41) is 6.26. The Labute approximate surface area is 228 Å². The standard InChI is InChI=1S/C26H28ClN5O5S/c1-16-12-17(4-9-21(16)27)13-31-22(29-18-5-7-19(8-6-18)36-24-28-10-11-38-24)30-23(33)32(25(31)34)14-20-15-35-26(2,3)37-20/h4-11,16,20H,12-15H2,1-3H3,(H,29,30,33)/t16?,20-/m0/s1. The summed E-state index contributed by atoms with van der Waals surface area (Å²) in [6, 6.07) is 7.10. The topological polar surface area (TPSA) is 110 Å². The number of nitrogens with zero attached hydrogens (tertiary/aromatic N) is 4. The summed E-state index contributed by atoms with van der Waals surface area (Å²) < 4.78 is 19.7. The molecule has 0 saturated carbocycles. The minimum absolute atomic E-state index is 0.0400. The molecule has 0 amide bonds. The van der Waals surface area contributed by atoms with E-state index in [2.05, 4.69) is 15.3 Å². The van der Waals surface area contributed by atoms with Gasteiger partial charge in [0.2, 0.25) is 5.95 Å². The summed E-state index contributed by atoms with van der Waals surface area (Å²) in [6.45, 7) is 6.18. The number of halogens is 1. The number of aromatic nitrogens is 4. The molecule has 2 aliphatic rings. The van der Waals surface area contributed by atoms with Gasteiger partial charge in [-0.2, -0.15) is 4.98 Å². The highest BCUT2D eigenvalue weighted by atomic mass is 35.5. The van der Waals surface area contributed by atoms with Gasteiger partial charge in [0, 0.05) is 22.3 Å². The van der Waals surface area contributed by atoms with Gasteiger partial charge < -0.3 is 19.5 Å². The molecule has 2 atom stereocenters. The lowest BCUT2D eigenvalue weighted by Gasteiger charge is -2.21. The van der Waals surface area contributed by atoms with E-state index in [0.717, 1.165) is 15.2 Å². The van der Waals surface area contributed by atoms with Crippen LogP contribution in [0.15, 0.2) is 68.2 Å². The number of allylic oxidation sites excluding steroid dienone is 4. The molecule has 3 aromatic rings. The van der Waals surface area contributed by atoms with Crippen molar-refractivity contribution in [2.24, 2.45) is 5.92 Å². The maximum absolute atomic E-state index is 13.7. The molecule has 1 fully saturated rings. The Hall–Kier alpha value is -3.25. The minimum atomic E-state index is -0.772. The van der Waals surface area contributed by atoms with Crippen LogP contribution in [-0.4, -0.2) is 37.6 Å². The second-order valence-electron chi connectivity index (χ2n) is 9.68. The molecule has 5 rings (SSSR count). The van der Waals surface area contributed by atoms with E-state index in [4.69, 9.17) is 25.8 Å². The van der Waals surface area contributed by atoms with Gasteiger partial charge in [-0.25, -0.2) is 19.1 Å². The van der Waals surface area contributed by atoms with Crippen LogP contribution < -0.4 is 21.4 Å². The third kappa shape index (κ3) is 6.07. The second kappa shape index (κ2) is 10.9. The van der Waals surface area contributed by atoms with Crippen molar-refractivity contribution in [2.75, 3.05) is 11.9 Å². The van der Waals surface area contributed by atoms with Crippen LogP contribution in [-0.2, 0) is 22.6 Å². The fraction of sp³-hybridized carbons (Fsp3) is 0.385. The van der Waals surface area contributed by atoms with Gasteiger partial charge in [0.1, 0.15) is 11.9 Å². The van der Waals surface area contributed by atoms with Crippen LogP contribution in [0.2, 0.25) is 0 Å². The van der Waals surface area contributed by atoms with Gasteiger partial charge in [-0.15, -0.1) is 0 Å². The average molecular weight is 558 g/mol. The molecule has 38 heavy (non-hydrogen) atoms. The van der Waals surface area contributed by atoms with Crippen LogP contribution in [0.3, 0.4) is 0 Å². The van der Waals surface area contributed by atoms with Crippen molar-refractivity contribution in [1.29, 1.82) is 0 Å². The molecule has 10 nitrogen and oxygen atoms in total. The second-order valence-corrected chi connectivity index (χ2v) is 11.0. The zero-order chi connectivity index (χ0) is 26.9. The summed E-state index contributed by atoms with van der Waals surface area (Å²) in [7, 11) is 0. The van der Waals surface area contributed by atoms with Crippen molar-refractivity contribution >= 4 is 34.6 Å². The highest BCUT2D eigenvalue weighted by molar-refractivity contribution is 7.11. The van der Waals surface area contributed by atoms with Gasteiger partial charge in [-0.3, -0.25) is 4.57 Å². The van der Waals surface area contributed by atoms with Crippen LogP contribution in [0.5, 0.6) is 10.9 Å². The van der Waals surface area contributed by atoms with Gasteiger partial charge in [0.05, 0.1) is 19.7 Å². The molecule has 1 unspecified atom stereocenters. The fourth-order valence-corrected chi connectivity index (χ4v) is 4.96. The smallest absolute Gasteiger partial charge is 0.355 e. The van der Waals surface area contributed by atoms with E-state index in [1.165, 1.54) is 15.9 Å². The Morgan fingerprint density at radius 3 is 2.66 bits per heavy atom. The van der Waals surface area contributed by atoms with Crippen LogP contribution in [0.25, 0.3) is 0 Å². The fourth-order valence-electron chi connectivity index (χ4n) is 4.32. The number of anilines is 2. The molecular weight excluding hydrogens is 530 g/mol. The van der Waals surface area contributed by atoms with Crippen molar-refractivity contribution in [1.82, 2.24) is 19.1 Å². The zero-order valence-electron chi connectivity index (χ0n) is 21.2. The highest BCUT2D eigenvalue weighted by Crippen LogP contribution is 2.29. The van der Waals surface area contributed by atoms with Crippen molar-refractivity contribution in [3.63, 3.8) is 0 Å². The maximum Gasteiger partial charge on any atom is 0.355 e. The molecule has 3 heterocycles. The Bertz CT molecular complexity index is 1480. The summed E-state index contributed by atoms with van der Waals surface area (Å²) >= 11 is 7.66. The van der Waals surface area contributed by atoms with Crippen LogP contribution >= 0.6 is 22.9 Å². The van der Waals surface area contributed by atoms with Gasteiger partial charge in [-0.05, 0) is 62.1 Å². The van der Waals surface area contributed by atoms with Crippen LogP contribution in [0.4, 0.5) is 11.6 Å². The van der Waals surface area contributed by atoms with E-state index in [0.29, 0.717) is 23.1 Å². The van der Waals surface area contributed by atoms with Crippen molar-refractivity contribution in [3.05, 3.63) is 79.6 Å². The molecular formula is C26H28ClN5O5S. The third-order valence-corrected chi connectivity index (χ3v) is 7.35. The predicted molar refractivity (Wildman–Crippen MR) is 145 cm³/mol. The number of rotatable bonds is 8. The lowest BCUT2D eigenvalue weighted by Crippen LogP contribution is -2.45. The Morgan fingerprint density at radius 1 is 1.21 bits per heavy atom. The molecule has 200 valence electrons. The Balaban J connectivity index is 1.45. The van der Waals surface area contributed by atoms with Gasteiger partial charge in [0.15, 0.2) is 5.79 Å². The summed E-state index contributed by atoms with van der Waals surface area (Å²) in [5.74, 6) is 0.118. The largest absolute Gasteiger partial charge is 0.431 e. The van der Waals surface area contributed by atoms with Gasteiger partial charge in [0.25, 0.3) is 5.19 Å². The van der Waals surface area contributed by atoms with E-state index >= 15 is 0 Å². The maximum atomic E-state index is 13.7. The minimum Gasteiger partial charge on any atom is -0.431 e. The van der Waals surface area contributed by atoms with E-state index in [-0.39, 0.29) is 31.6 Å². The first-order valence-corrected chi connectivity index (χ1v) is 13.5. The van der Waals surface area contributed by atoms with Gasteiger partial charge in [-0.1, -0.05) is 35.9 Å². The summed E-state index contributed by atoms with van der Waals surface area (Å²) in [5.41, 5.74) is 0.476. The molecule has 12 heteroatoms. The normalized spacial score (nSPS) is 20.6. The number of hydrogen-bond donors (Lipinski definition) is 1. The number of thiazole rings is 1. The van der Waals surface area contributed by atoms with Gasteiger partial charge >= 0.3 is 11.4 Å². The predicted octanol–water partition coefficient (Wildman–Crippen LogP) is 4.64. The Kier molecular flexibility index (Phi) is 7.53. The van der Waals surface area contributed by atoms with E-state index in [9.17, 15) is 9.59 Å². The number of hydrogen-bond acceptors (Lipinski definition) is 9. The SMILES string of the molecule is CC1CC(Cn2c(Nc3ccc(Oc4nccs4)cc3)nc(=O)n(C[C@H]3COC(C)(C)O3)c2=O)=CC=C1Cl. The molecule has 1 aliphatic heterocycles. The summed E-state index contributed by atoms with van der Waals surface area (Å²) in [6.07, 6.45) is 5.68. The molecule has 1 saturated heterocycles. The van der Waals surface area contributed by atoms with Crippen LogP contribution in [0, 0.1) is 5.92 Å². The molecule has 0 bridgehead atoms. The lowest BCUT2D eigenvalue weighted by atomic mass is 9.95. The lowest BCUT2D eigenvalue weighted by molar-refractivity contribution is -0.139. The van der Waals surface area contributed by atoms with Crippen molar-refractivity contribution < 1.29 is 14.2 Å². The number of benzene rings is 1. The van der Waals surface area contributed by atoms with E-state index in [1.54, 1.807) is 44.3 Å². The molecule has 2 aromatic heterocycles. The van der Waals surface area contributed by atoms with Crippen molar-refractivity contribution in [2.45, 2.75) is 52.2 Å². The molecule has 1 aliphatic carbocycles. The number of ether oxygens (including phenoxy) is 3. The molecule has 1 aromatic carbocycles.